The van der Waals surface area contributed by atoms with Crippen LogP contribution in [-0.4, -0.2) is 66.7 Å². The number of anilines is 2. The van der Waals surface area contributed by atoms with Gasteiger partial charge in [0.15, 0.2) is 17.3 Å². The van der Waals surface area contributed by atoms with Crippen molar-refractivity contribution in [1.29, 1.82) is 0 Å². The number of hydrogen-bond donors (Lipinski definition) is 2. The number of amides is 1. The van der Waals surface area contributed by atoms with E-state index in [-0.39, 0.29) is 59.1 Å². The standard InChI is InChI=1S/C27H32F2N6O3/c1-4-31-20(15-5-7-16(28)8-6-15)12-22(36)34-13-17-9-10-18(14-34)35(17)27-32-24-19(26(30)33-27)11-21(37-2)25(38-3)23(24)29/h5-8,11,17-18,20,31H,4,9-10,12-14H2,1-3H3,(H2,30,32,33)/t17?,18?,20-/m1/s1. The molecule has 2 saturated heterocycles. The summed E-state index contributed by atoms with van der Waals surface area (Å²) in [5, 5.41) is 3.69. The number of nitrogens with zero attached hydrogens (tertiary/aromatic N) is 4. The Balaban J connectivity index is 1.37. The molecule has 0 aliphatic carbocycles. The smallest absolute Gasteiger partial charge is 0.228 e. The minimum atomic E-state index is -0.659. The number of nitrogens with two attached hydrogens (primary N) is 1. The number of ether oxygens (including phenoxy) is 2. The van der Waals surface area contributed by atoms with Gasteiger partial charge in [0, 0.05) is 43.0 Å². The second-order valence-electron chi connectivity index (χ2n) is 9.69. The van der Waals surface area contributed by atoms with Gasteiger partial charge in [0.25, 0.3) is 0 Å². The van der Waals surface area contributed by atoms with Crippen LogP contribution in [0.4, 0.5) is 20.5 Å². The Morgan fingerprint density at radius 1 is 1.13 bits per heavy atom. The average Bonchev–Trinajstić information content (AvgIpc) is 3.17. The first-order chi connectivity index (χ1) is 18.3. The van der Waals surface area contributed by atoms with Crippen molar-refractivity contribution in [2.45, 2.75) is 44.3 Å². The largest absolute Gasteiger partial charge is 0.493 e. The number of likely N-dealkylation sites (tertiary alicyclic amines) is 1. The number of aromatic nitrogens is 2. The molecule has 2 aliphatic rings. The van der Waals surface area contributed by atoms with Crippen LogP contribution in [0, 0.1) is 11.6 Å². The Bertz CT molecular complexity index is 1320. The van der Waals surface area contributed by atoms with E-state index < -0.39 is 5.82 Å². The van der Waals surface area contributed by atoms with Gasteiger partial charge in [-0.2, -0.15) is 4.98 Å². The first kappa shape index (κ1) is 25.9. The second-order valence-corrected chi connectivity index (χ2v) is 9.69. The van der Waals surface area contributed by atoms with Gasteiger partial charge in [-0.25, -0.2) is 13.8 Å². The van der Waals surface area contributed by atoms with Gasteiger partial charge in [-0.15, -0.1) is 0 Å². The first-order valence-corrected chi connectivity index (χ1v) is 12.8. The van der Waals surface area contributed by atoms with Gasteiger partial charge in [-0.3, -0.25) is 4.79 Å². The number of benzene rings is 2. The lowest BCUT2D eigenvalue weighted by Gasteiger charge is -2.41. The van der Waals surface area contributed by atoms with E-state index >= 15 is 4.39 Å². The maximum Gasteiger partial charge on any atom is 0.228 e. The molecule has 1 amide bonds. The number of methoxy groups -OCH3 is 2. The number of rotatable bonds is 8. The van der Waals surface area contributed by atoms with Crippen molar-refractivity contribution in [3.63, 3.8) is 0 Å². The van der Waals surface area contributed by atoms with Crippen molar-refractivity contribution in [2.24, 2.45) is 0 Å². The van der Waals surface area contributed by atoms with E-state index in [0.717, 1.165) is 18.4 Å². The molecule has 0 radical (unpaired) electrons. The van der Waals surface area contributed by atoms with Gasteiger partial charge in [-0.05, 0) is 43.1 Å². The Labute approximate surface area is 219 Å². The maximum atomic E-state index is 15.3. The number of carbonyl (C=O) groups is 1. The summed E-state index contributed by atoms with van der Waals surface area (Å²) in [4.78, 5) is 26.4. The van der Waals surface area contributed by atoms with Gasteiger partial charge in [0.2, 0.25) is 11.9 Å². The van der Waals surface area contributed by atoms with Gasteiger partial charge < -0.3 is 30.3 Å². The number of nitrogen functional groups attached to an aromatic ring is 1. The number of fused-ring (bicyclic) bond motifs is 3. The van der Waals surface area contributed by atoms with Crippen LogP contribution in [-0.2, 0) is 4.79 Å². The molecule has 2 bridgehead atoms. The number of halogens is 2. The minimum absolute atomic E-state index is 0.0128. The summed E-state index contributed by atoms with van der Waals surface area (Å²) in [5.41, 5.74) is 7.18. The lowest BCUT2D eigenvalue weighted by Crippen LogP contribution is -2.56. The third-order valence-corrected chi connectivity index (χ3v) is 7.46. The summed E-state index contributed by atoms with van der Waals surface area (Å²) in [6, 6.07) is 7.58. The highest BCUT2D eigenvalue weighted by atomic mass is 19.1. The van der Waals surface area contributed by atoms with Crippen LogP contribution < -0.4 is 25.4 Å². The molecule has 3 atom stereocenters. The highest BCUT2D eigenvalue weighted by Crippen LogP contribution is 2.40. The normalized spacial score (nSPS) is 19.6. The first-order valence-electron chi connectivity index (χ1n) is 12.8. The summed E-state index contributed by atoms with van der Waals surface area (Å²) >= 11 is 0. The van der Waals surface area contributed by atoms with Crippen LogP contribution in [0.3, 0.4) is 0 Å². The fourth-order valence-electron chi connectivity index (χ4n) is 5.64. The fraction of sp³-hybridized carbons (Fsp3) is 0.444. The summed E-state index contributed by atoms with van der Waals surface area (Å²) < 4.78 is 39.2. The van der Waals surface area contributed by atoms with E-state index in [4.69, 9.17) is 15.2 Å². The van der Waals surface area contributed by atoms with Crippen molar-refractivity contribution in [2.75, 3.05) is 44.5 Å². The van der Waals surface area contributed by atoms with Gasteiger partial charge in [0.05, 0.1) is 14.2 Å². The Kier molecular flexibility index (Phi) is 7.20. The molecule has 0 saturated carbocycles. The highest BCUT2D eigenvalue weighted by molar-refractivity contribution is 5.92. The molecule has 3 heterocycles. The van der Waals surface area contributed by atoms with Crippen molar-refractivity contribution >= 4 is 28.6 Å². The molecule has 5 rings (SSSR count). The molecule has 2 aliphatic heterocycles. The van der Waals surface area contributed by atoms with E-state index in [1.807, 2.05) is 11.8 Å². The molecule has 11 heteroatoms. The number of carbonyl (C=O) groups excluding carboxylic acids is 1. The Morgan fingerprint density at radius 3 is 2.42 bits per heavy atom. The molecular weight excluding hydrogens is 494 g/mol. The molecule has 2 aromatic carbocycles. The predicted molar refractivity (Wildman–Crippen MR) is 140 cm³/mol. The zero-order valence-electron chi connectivity index (χ0n) is 21.7. The molecule has 202 valence electrons. The van der Waals surface area contributed by atoms with E-state index in [2.05, 4.69) is 20.2 Å². The Hall–Kier alpha value is -3.73. The molecule has 3 aromatic rings. The highest BCUT2D eigenvalue weighted by Gasteiger charge is 2.43. The van der Waals surface area contributed by atoms with Crippen molar-refractivity contribution in [3.05, 3.63) is 47.5 Å². The van der Waals surface area contributed by atoms with Crippen LogP contribution in [0.5, 0.6) is 11.5 Å². The summed E-state index contributed by atoms with van der Waals surface area (Å²) in [5.74, 6) is -0.277. The van der Waals surface area contributed by atoms with Gasteiger partial charge in [0.1, 0.15) is 17.2 Å². The van der Waals surface area contributed by atoms with E-state index in [0.29, 0.717) is 31.0 Å². The van der Waals surface area contributed by atoms with Crippen LogP contribution in [0.15, 0.2) is 30.3 Å². The number of nitrogens with one attached hydrogen (secondary N) is 1. The van der Waals surface area contributed by atoms with E-state index in [1.165, 1.54) is 26.4 Å². The summed E-state index contributed by atoms with van der Waals surface area (Å²) in [6.45, 7) is 3.67. The molecule has 2 fully saturated rings. The molecule has 0 spiro atoms. The zero-order chi connectivity index (χ0) is 27.0. The van der Waals surface area contributed by atoms with Crippen molar-refractivity contribution in [1.82, 2.24) is 20.2 Å². The quantitative estimate of drug-likeness (QED) is 0.460. The average molecular weight is 527 g/mol. The molecule has 9 nitrogen and oxygen atoms in total. The van der Waals surface area contributed by atoms with Crippen LogP contribution in [0.2, 0.25) is 0 Å². The van der Waals surface area contributed by atoms with Crippen LogP contribution >= 0.6 is 0 Å². The van der Waals surface area contributed by atoms with Crippen molar-refractivity contribution < 1.29 is 23.0 Å². The van der Waals surface area contributed by atoms with Crippen molar-refractivity contribution in [3.8, 4) is 11.5 Å². The monoisotopic (exact) mass is 526 g/mol. The lowest BCUT2D eigenvalue weighted by molar-refractivity contribution is -0.132. The van der Waals surface area contributed by atoms with Gasteiger partial charge >= 0.3 is 0 Å². The zero-order valence-corrected chi connectivity index (χ0v) is 21.7. The predicted octanol–water partition coefficient (Wildman–Crippen LogP) is 3.43. The number of piperazine rings is 1. The maximum absolute atomic E-state index is 15.3. The molecule has 3 N–H and O–H groups in total. The third-order valence-electron chi connectivity index (χ3n) is 7.46. The van der Waals surface area contributed by atoms with E-state index in [9.17, 15) is 9.18 Å². The summed E-state index contributed by atoms with van der Waals surface area (Å²) in [7, 11) is 2.79. The second kappa shape index (κ2) is 10.6. The number of hydrogen-bond acceptors (Lipinski definition) is 8. The fourth-order valence-corrected chi connectivity index (χ4v) is 5.64. The molecule has 1 aromatic heterocycles. The van der Waals surface area contributed by atoms with Crippen LogP contribution in [0.25, 0.3) is 10.9 Å². The molecule has 2 unspecified atom stereocenters. The van der Waals surface area contributed by atoms with E-state index in [1.54, 1.807) is 18.2 Å². The lowest BCUT2D eigenvalue weighted by atomic mass is 10.0. The Morgan fingerprint density at radius 2 is 1.82 bits per heavy atom. The molecular formula is C27H32F2N6O3. The topological polar surface area (TPSA) is 106 Å². The third kappa shape index (κ3) is 4.66. The SMILES string of the molecule is CCN[C@H](CC(=O)N1CC2CCC(C1)N2c1nc(N)c2cc(OC)c(OC)c(F)c2n1)c1ccc(F)cc1. The summed E-state index contributed by atoms with van der Waals surface area (Å²) in [6.07, 6.45) is 1.99. The minimum Gasteiger partial charge on any atom is -0.493 e. The van der Waals surface area contributed by atoms with Gasteiger partial charge in [-0.1, -0.05) is 19.1 Å². The van der Waals surface area contributed by atoms with Crippen LogP contribution in [0.1, 0.15) is 37.8 Å². The molecule has 38 heavy (non-hydrogen) atoms.